The van der Waals surface area contributed by atoms with Crippen LogP contribution in [0, 0.1) is 5.41 Å². The van der Waals surface area contributed by atoms with Gasteiger partial charge in [-0.15, -0.1) is 0 Å². The van der Waals surface area contributed by atoms with Gasteiger partial charge < -0.3 is 0 Å². The van der Waals surface area contributed by atoms with Crippen LogP contribution in [-0.4, -0.2) is 34.8 Å². The summed E-state index contributed by atoms with van der Waals surface area (Å²) in [5.74, 6) is 0.495. The van der Waals surface area contributed by atoms with Crippen LogP contribution in [-0.2, 0) is 11.2 Å². The summed E-state index contributed by atoms with van der Waals surface area (Å²) < 4.78 is 0. The monoisotopic (exact) mass is 272 g/mol. The lowest BCUT2D eigenvalue weighted by Crippen LogP contribution is -2.61. The first-order valence-corrected chi connectivity index (χ1v) is 7.93. The van der Waals surface area contributed by atoms with Crippen molar-refractivity contribution in [3.63, 3.8) is 0 Å². The first kappa shape index (κ1) is 13.7. The number of Topliss-reactive ketones (excluding diaryl/α,β-unsaturated/α-hetero) is 1. The Morgan fingerprint density at radius 3 is 2.80 bits per heavy atom. The minimum Gasteiger partial charge on any atom is -0.297 e. The van der Waals surface area contributed by atoms with Gasteiger partial charge in [0, 0.05) is 23.7 Å². The van der Waals surface area contributed by atoms with Crippen LogP contribution >= 0.6 is 0 Å². The van der Waals surface area contributed by atoms with Gasteiger partial charge in [-0.3, -0.25) is 14.7 Å². The Hall–Kier alpha value is -1.22. The molecule has 1 atom stereocenters. The molecular weight excluding hydrogens is 248 g/mol. The molecule has 3 heteroatoms. The molecule has 2 bridgehead atoms. The number of carbonyl (C=O) groups excluding carboxylic acids is 1. The maximum Gasteiger partial charge on any atom is 0.156 e. The molecule has 0 saturated carbocycles. The van der Waals surface area contributed by atoms with Crippen LogP contribution < -0.4 is 0 Å². The highest BCUT2D eigenvalue weighted by molar-refractivity contribution is 5.91. The Bertz CT molecular complexity index is 463. The summed E-state index contributed by atoms with van der Waals surface area (Å²) in [4.78, 5) is 19.7. The van der Waals surface area contributed by atoms with Gasteiger partial charge in [-0.05, 0) is 44.5 Å². The fraction of sp³-hybridized carbons (Fsp3) is 0.647. The summed E-state index contributed by atoms with van der Waals surface area (Å²) in [5, 5.41) is 0. The van der Waals surface area contributed by atoms with E-state index in [1.807, 2.05) is 24.4 Å². The predicted octanol–water partition coefficient (Wildman–Crippen LogP) is 2.85. The first-order chi connectivity index (χ1) is 9.75. The van der Waals surface area contributed by atoms with Gasteiger partial charge in [0.1, 0.15) is 0 Å². The fourth-order valence-electron chi connectivity index (χ4n) is 3.86. The number of hydrogen-bond acceptors (Lipinski definition) is 3. The molecule has 0 aliphatic carbocycles. The molecule has 0 radical (unpaired) electrons. The van der Waals surface area contributed by atoms with E-state index in [1.165, 1.54) is 12.8 Å². The number of hydrogen-bond donors (Lipinski definition) is 0. The number of fused-ring (bicyclic) bond motifs is 3. The number of pyridine rings is 1. The molecule has 1 unspecified atom stereocenters. The number of piperidine rings is 3. The first-order valence-electron chi connectivity index (χ1n) is 7.93. The normalized spacial score (nSPS) is 32.5. The van der Waals surface area contributed by atoms with E-state index in [-0.39, 0.29) is 11.5 Å². The van der Waals surface area contributed by atoms with Crippen molar-refractivity contribution >= 4 is 5.78 Å². The largest absolute Gasteiger partial charge is 0.297 e. The average Bonchev–Trinajstić information content (AvgIpc) is 2.51. The zero-order chi connectivity index (χ0) is 14.0. The highest BCUT2D eigenvalue weighted by Crippen LogP contribution is 2.44. The second kappa shape index (κ2) is 5.65. The molecule has 3 saturated heterocycles. The minimum atomic E-state index is -0.00972. The summed E-state index contributed by atoms with van der Waals surface area (Å²) in [6, 6.07) is 6.05. The molecule has 0 aromatic carbocycles. The summed E-state index contributed by atoms with van der Waals surface area (Å²) >= 11 is 0. The summed E-state index contributed by atoms with van der Waals surface area (Å²) in [5.41, 5.74) is 1.04. The smallest absolute Gasteiger partial charge is 0.156 e. The molecule has 20 heavy (non-hydrogen) atoms. The SMILES string of the molecule is CCCCC12CCN(CC1)C(Cc1ccccn1)C2=O. The Kier molecular flexibility index (Phi) is 3.88. The number of rotatable bonds is 5. The van der Waals surface area contributed by atoms with E-state index >= 15 is 0 Å². The molecule has 0 N–H and O–H groups in total. The molecule has 3 nitrogen and oxygen atoms in total. The van der Waals surface area contributed by atoms with Gasteiger partial charge in [-0.2, -0.15) is 0 Å². The number of carbonyl (C=O) groups is 1. The van der Waals surface area contributed by atoms with Crippen LogP contribution in [0.15, 0.2) is 24.4 Å². The lowest BCUT2D eigenvalue weighted by molar-refractivity contribution is -0.148. The topological polar surface area (TPSA) is 33.2 Å². The van der Waals surface area contributed by atoms with Crippen molar-refractivity contribution in [2.24, 2.45) is 5.41 Å². The molecule has 4 rings (SSSR count). The summed E-state index contributed by atoms with van der Waals surface area (Å²) in [6.07, 6.45) is 8.21. The van der Waals surface area contributed by atoms with Crippen molar-refractivity contribution < 1.29 is 4.79 Å². The van der Waals surface area contributed by atoms with Crippen LogP contribution in [0.5, 0.6) is 0 Å². The fourth-order valence-corrected chi connectivity index (χ4v) is 3.86. The van der Waals surface area contributed by atoms with E-state index in [0.29, 0.717) is 5.78 Å². The minimum absolute atomic E-state index is 0.00972. The highest BCUT2D eigenvalue weighted by Gasteiger charge is 2.50. The van der Waals surface area contributed by atoms with Crippen molar-refractivity contribution in [2.45, 2.75) is 51.5 Å². The molecule has 3 fully saturated rings. The summed E-state index contributed by atoms with van der Waals surface area (Å²) in [6.45, 7) is 4.39. The molecule has 4 heterocycles. The van der Waals surface area contributed by atoms with Gasteiger partial charge in [-0.25, -0.2) is 0 Å². The van der Waals surface area contributed by atoms with Crippen LogP contribution in [0.3, 0.4) is 0 Å². The second-order valence-corrected chi connectivity index (χ2v) is 6.33. The third-order valence-electron chi connectivity index (χ3n) is 5.16. The van der Waals surface area contributed by atoms with Crippen LogP contribution in [0.2, 0.25) is 0 Å². The molecule has 3 aliphatic heterocycles. The van der Waals surface area contributed by atoms with Gasteiger partial charge in [0.15, 0.2) is 5.78 Å². The zero-order valence-electron chi connectivity index (χ0n) is 12.3. The molecule has 0 spiro atoms. The molecule has 3 aliphatic rings. The lowest BCUT2D eigenvalue weighted by atomic mass is 9.65. The van der Waals surface area contributed by atoms with E-state index in [4.69, 9.17) is 0 Å². The highest BCUT2D eigenvalue weighted by atomic mass is 16.1. The van der Waals surface area contributed by atoms with Gasteiger partial charge in [0.05, 0.1) is 6.04 Å². The van der Waals surface area contributed by atoms with E-state index in [2.05, 4.69) is 16.8 Å². The Morgan fingerprint density at radius 1 is 1.35 bits per heavy atom. The van der Waals surface area contributed by atoms with Crippen molar-refractivity contribution in [1.29, 1.82) is 0 Å². The average molecular weight is 272 g/mol. The Labute approximate surface area is 121 Å². The van der Waals surface area contributed by atoms with E-state index in [9.17, 15) is 4.79 Å². The van der Waals surface area contributed by atoms with Gasteiger partial charge >= 0.3 is 0 Å². The predicted molar refractivity (Wildman–Crippen MR) is 79.5 cm³/mol. The molecule has 1 aromatic rings. The lowest BCUT2D eigenvalue weighted by Gasteiger charge is -2.51. The van der Waals surface area contributed by atoms with Crippen molar-refractivity contribution in [1.82, 2.24) is 9.88 Å². The summed E-state index contributed by atoms with van der Waals surface area (Å²) in [7, 11) is 0. The van der Waals surface area contributed by atoms with Gasteiger partial charge in [0.2, 0.25) is 0 Å². The number of ketones is 1. The molecule has 1 aromatic heterocycles. The molecule has 108 valence electrons. The van der Waals surface area contributed by atoms with Crippen molar-refractivity contribution in [3.8, 4) is 0 Å². The van der Waals surface area contributed by atoms with Crippen molar-refractivity contribution in [2.75, 3.05) is 13.1 Å². The van der Waals surface area contributed by atoms with E-state index in [0.717, 1.165) is 44.5 Å². The Morgan fingerprint density at radius 2 is 2.15 bits per heavy atom. The van der Waals surface area contributed by atoms with E-state index < -0.39 is 0 Å². The van der Waals surface area contributed by atoms with Crippen LogP contribution in [0.1, 0.15) is 44.7 Å². The quantitative estimate of drug-likeness (QED) is 0.826. The zero-order valence-corrected chi connectivity index (χ0v) is 12.3. The second-order valence-electron chi connectivity index (χ2n) is 6.33. The van der Waals surface area contributed by atoms with Crippen LogP contribution in [0.4, 0.5) is 0 Å². The van der Waals surface area contributed by atoms with Crippen LogP contribution in [0.25, 0.3) is 0 Å². The maximum atomic E-state index is 12.9. The third-order valence-corrected chi connectivity index (χ3v) is 5.16. The molecular formula is C17H24N2O. The number of unbranched alkanes of at least 4 members (excludes halogenated alkanes) is 1. The third kappa shape index (κ3) is 2.39. The Balaban J connectivity index is 1.77. The molecule has 0 amide bonds. The maximum absolute atomic E-state index is 12.9. The van der Waals surface area contributed by atoms with E-state index in [1.54, 1.807) is 0 Å². The van der Waals surface area contributed by atoms with Crippen molar-refractivity contribution in [3.05, 3.63) is 30.1 Å². The number of nitrogens with zero attached hydrogens (tertiary/aromatic N) is 2. The number of aromatic nitrogens is 1. The van der Waals surface area contributed by atoms with Gasteiger partial charge in [0.25, 0.3) is 0 Å². The standard InChI is InChI=1S/C17H24N2O/c1-2-3-7-17-8-11-19(12-9-17)15(16(17)20)13-14-6-4-5-10-18-14/h4-6,10,15H,2-3,7-9,11-13H2,1H3. The van der Waals surface area contributed by atoms with Gasteiger partial charge in [-0.1, -0.05) is 25.8 Å².